The highest BCUT2D eigenvalue weighted by atomic mass is 15.1. The third-order valence-electron chi connectivity index (χ3n) is 7.32. The fraction of sp³-hybridized carbons (Fsp3) is 0. The van der Waals surface area contributed by atoms with E-state index in [9.17, 15) is 0 Å². The van der Waals surface area contributed by atoms with Gasteiger partial charge in [0.05, 0.1) is 27.6 Å². The van der Waals surface area contributed by atoms with Crippen molar-refractivity contribution in [1.29, 1.82) is 0 Å². The second-order valence-corrected chi connectivity index (χ2v) is 9.24. The van der Waals surface area contributed by atoms with Gasteiger partial charge in [-0.3, -0.25) is 13.8 Å². The number of hydrogen-bond donors (Lipinski definition) is 0. The van der Waals surface area contributed by atoms with Gasteiger partial charge in [0.15, 0.2) is 0 Å². The van der Waals surface area contributed by atoms with E-state index in [0.29, 0.717) is 0 Å². The molecule has 6 heteroatoms. The van der Waals surface area contributed by atoms with Crippen LogP contribution in [-0.4, -0.2) is 28.7 Å². The Morgan fingerprint density at radius 2 is 1.08 bits per heavy atom. The van der Waals surface area contributed by atoms with Gasteiger partial charge in [-0.05, 0) is 65.4 Å². The van der Waals surface area contributed by atoms with Crippen LogP contribution < -0.4 is 0 Å². The lowest BCUT2D eigenvalue weighted by Crippen LogP contribution is -1.95. The van der Waals surface area contributed by atoms with Crippen LogP contribution >= 0.6 is 0 Å². The number of pyridine rings is 4. The molecule has 0 saturated carbocycles. The van der Waals surface area contributed by atoms with Gasteiger partial charge in [-0.1, -0.05) is 30.3 Å². The van der Waals surface area contributed by atoms with Gasteiger partial charge >= 0.3 is 0 Å². The second kappa shape index (κ2) is 6.31. The summed E-state index contributed by atoms with van der Waals surface area (Å²) in [6.45, 7) is 0. The van der Waals surface area contributed by atoms with Crippen LogP contribution in [0.15, 0.2) is 97.3 Å². The summed E-state index contributed by atoms with van der Waals surface area (Å²) >= 11 is 0. The van der Waals surface area contributed by atoms with E-state index in [1.54, 1.807) is 0 Å². The zero-order valence-electron chi connectivity index (χ0n) is 18.9. The van der Waals surface area contributed by atoms with E-state index in [1.165, 1.54) is 0 Å². The van der Waals surface area contributed by atoms with Gasteiger partial charge in [0, 0.05) is 28.6 Å². The SMILES string of the molecule is c1cnc2c(c1)ccc1ccc3ccc4nc5ccc6nc7ccc8cccnc8n7c6c5n4c3c12. The maximum Gasteiger partial charge on any atom is 0.146 e. The van der Waals surface area contributed by atoms with Gasteiger partial charge in [-0.15, -0.1) is 0 Å². The number of fused-ring (bicyclic) bond motifs is 15. The summed E-state index contributed by atoms with van der Waals surface area (Å²) in [4.78, 5) is 19.6. The van der Waals surface area contributed by atoms with Crippen LogP contribution in [0.25, 0.3) is 77.0 Å². The van der Waals surface area contributed by atoms with Gasteiger partial charge in [0.25, 0.3) is 0 Å². The van der Waals surface area contributed by atoms with Crippen molar-refractivity contribution in [2.75, 3.05) is 0 Å². The third kappa shape index (κ3) is 2.17. The molecule has 0 aliphatic rings. The Morgan fingerprint density at radius 1 is 0.472 bits per heavy atom. The number of aromatic nitrogens is 6. The summed E-state index contributed by atoms with van der Waals surface area (Å²) in [6, 6.07) is 29.4. The fourth-order valence-electron chi connectivity index (χ4n) is 5.80. The number of imidazole rings is 2. The molecule has 0 unspecified atom stereocenters. The molecule has 0 N–H and O–H groups in total. The van der Waals surface area contributed by atoms with Crippen molar-refractivity contribution in [2.45, 2.75) is 0 Å². The predicted molar refractivity (Wildman–Crippen MR) is 145 cm³/mol. The molecule has 0 saturated heterocycles. The molecule has 6 heterocycles. The van der Waals surface area contributed by atoms with Crippen molar-refractivity contribution in [3.8, 4) is 0 Å². The van der Waals surface area contributed by atoms with Gasteiger partial charge in [0.2, 0.25) is 0 Å². The molecular weight excluding hydrogens is 444 g/mol. The minimum Gasteiger partial charge on any atom is -0.289 e. The Morgan fingerprint density at radius 3 is 1.92 bits per heavy atom. The standard InChI is InChI=1S/C30H16N6/c1-3-18-7-5-17-6-8-19-9-13-23-33-21-11-12-22-29(28(21)35(23)27(19)25(17)26(18)31-15-1)36-24(34-22)14-10-20-4-2-16-32-30(20)36/h1-16H. The predicted octanol–water partition coefficient (Wildman–Crippen LogP) is 6.69. The Kier molecular flexibility index (Phi) is 3.20. The largest absolute Gasteiger partial charge is 0.289 e. The lowest BCUT2D eigenvalue weighted by atomic mass is 10.0. The molecule has 0 spiro atoms. The van der Waals surface area contributed by atoms with E-state index < -0.39 is 0 Å². The van der Waals surface area contributed by atoms with E-state index in [-0.39, 0.29) is 0 Å². The molecule has 166 valence electrons. The topological polar surface area (TPSA) is 60.4 Å². The maximum atomic E-state index is 5.05. The summed E-state index contributed by atoms with van der Waals surface area (Å²) in [6.07, 6.45) is 3.70. The van der Waals surface area contributed by atoms with E-state index in [0.717, 1.165) is 77.0 Å². The number of benzene rings is 3. The molecule has 9 aromatic rings. The average molecular weight is 461 g/mol. The Labute approximate surface area is 203 Å². The quantitative estimate of drug-likeness (QED) is 0.237. The van der Waals surface area contributed by atoms with Gasteiger partial charge in [-0.25, -0.2) is 15.0 Å². The highest BCUT2D eigenvalue weighted by Gasteiger charge is 2.18. The smallest absolute Gasteiger partial charge is 0.146 e. The lowest BCUT2D eigenvalue weighted by molar-refractivity contribution is 1.22. The molecule has 0 amide bonds. The van der Waals surface area contributed by atoms with Crippen LogP contribution in [0.4, 0.5) is 0 Å². The first-order valence-electron chi connectivity index (χ1n) is 11.9. The van der Waals surface area contributed by atoms with E-state index in [1.807, 2.05) is 24.5 Å². The first kappa shape index (κ1) is 18.3. The van der Waals surface area contributed by atoms with E-state index in [2.05, 4.69) is 81.6 Å². The van der Waals surface area contributed by atoms with Crippen LogP contribution in [0.5, 0.6) is 0 Å². The van der Waals surface area contributed by atoms with Crippen LogP contribution in [0.3, 0.4) is 0 Å². The minimum absolute atomic E-state index is 0.871. The average Bonchev–Trinajstić information content (AvgIpc) is 3.50. The molecule has 6 aromatic heterocycles. The number of nitrogens with zero attached hydrogens (tertiary/aromatic N) is 6. The normalized spacial score (nSPS) is 12.4. The molecule has 3 aromatic carbocycles. The first-order valence-corrected chi connectivity index (χ1v) is 11.9. The summed E-state index contributed by atoms with van der Waals surface area (Å²) in [7, 11) is 0. The molecule has 9 rings (SSSR count). The maximum absolute atomic E-state index is 5.05. The number of hydrogen-bond acceptors (Lipinski definition) is 4. The molecule has 0 fully saturated rings. The van der Waals surface area contributed by atoms with Crippen molar-refractivity contribution in [1.82, 2.24) is 28.7 Å². The van der Waals surface area contributed by atoms with Crippen LogP contribution in [0.1, 0.15) is 0 Å². The van der Waals surface area contributed by atoms with Crippen LogP contribution in [-0.2, 0) is 0 Å². The Balaban J connectivity index is 1.64. The molecular formula is C30H16N6. The lowest BCUT2D eigenvalue weighted by Gasteiger charge is -2.11. The molecule has 0 aliphatic heterocycles. The van der Waals surface area contributed by atoms with Crippen molar-refractivity contribution < 1.29 is 0 Å². The van der Waals surface area contributed by atoms with E-state index >= 15 is 0 Å². The van der Waals surface area contributed by atoms with Crippen LogP contribution in [0.2, 0.25) is 0 Å². The molecule has 6 nitrogen and oxygen atoms in total. The van der Waals surface area contributed by atoms with Gasteiger partial charge < -0.3 is 0 Å². The van der Waals surface area contributed by atoms with Crippen molar-refractivity contribution in [3.05, 3.63) is 97.3 Å². The third-order valence-corrected chi connectivity index (χ3v) is 7.32. The summed E-state index contributed by atoms with van der Waals surface area (Å²) < 4.78 is 4.46. The summed E-state index contributed by atoms with van der Waals surface area (Å²) in [5.41, 5.74) is 8.63. The molecule has 0 radical (unpaired) electrons. The van der Waals surface area contributed by atoms with Crippen molar-refractivity contribution in [2.24, 2.45) is 0 Å². The first-order chi connectivity index (χ1) is 17.8. The van der Waals surface area contributed by atoms with Gasteiger partial charge in [0.1, 0.15) is 22.5 Å². The van der Waals surface area contributed by atoms with E-state index in [4.69, 9.17) is 19.9 Å². The highest BCUT2D eigenvalue weighted by molar-refractivity contribution is 6.19. The van der Waals surface area contributed by atoms with Gasteiger partial charge in [-0.2, -0.15) is 0 Å². The fourth-order valence-corrected chi connectivity index (χ4v) is 5.80. The summed E-state index contributed by atoms with van der Waals surface area (Å²) in [5, 5.41) is 5.61. The highest BCUT2D eigenvalue weighted by Crippen LogP contribution is 2.36. The monoisotopic (exact) mass is 460 g/mol. The molecule has 0 atom stereocenters. The molecule has 0 bridgehead atoms. The molecule has 0 aliphatic carbocycles. The minimum atomic E-state index is 0.871. The Hall–Kier alpha value is -5.10. The number of rotatable bonds is 0. The zero-order valence-corrected chi connectivity index (χ0v) is 18.9. The zero-order chi connectivity index (χ0) is 23.4. The second-order valence-electron chi connectivity index (χ2n) is 9.24. The van der Waals surface area contributed by atoms with Crippen molar-refractivity contribution in [3.63, 3.8) is 0 Å². The van der Waals surface area contributed by atoms with Crippen LogP contribution in [0, 0.1) is 0 Å². The Bertz CT molecular complexity index is 2370. The molecule has 36 heavy (non-hydrogen) atoms. The van der Waals surface area contributed by atoms with Crippen molar-refractivity contribution >= 4 is 77.0 Å². The summed E-state index contributed by atoms with van der Waals surface area (Å²) in [5.74, 6) is 0.